The Bertz CT molecular complexity index is 885. The Morgan fingerprint density at radius 2 is 1.89 bits per heavy atom. The zero-order chi connectivity index (χ0) is 19.2. The molecule has 0 atom stereocenters. The van der Waals surface area contributed by atoms with Gasteiger partial charge in [0.05, 0.1) is 5.69 Å². The molecule has 0 spiro atoms. The van der Waals surface area contributed by atoms with Crippen LogP contribution in [0.3, 0.4) is 0 Å². The Kier molecular flexibility index (Phi) is 6.34. The number of pyridine rings is 1. The summed E-state index contributed by atoms with van der Waals surface area (Å²) in [5, 5.41) is 3.17. The zero-order valence-corrected chi connectivity index (χ0v) is 17.3. The number of hydrogen-bond acceptors (Lipinski definition) is 5. The molecule has 0 unspecified atom stereocenters. The van der Waals surface area contributed by atoms with Crippen LogP contribution in [0.4, 0.5) is 0 Å². The van der Waals surface area contributed by atoms with Crippen LogP contribution in [0.2, 0.25) is 0 Å². The first kappa shape index (κ1) is 19.1. The van der Waals surface area contributed by atoms with Crippen LogP contribution in [-0.2, 0) is 6.42 Å². The van der Waals surface area contributed by atoms with Gasteiger partial charge in [0.1, 0.15) is 17.4 Å². The van der Waals surface area contributed by atoms with Crippen LogP contribution in [0, 0.1) is 0 Å². The molecule has 1 fully saturated rings. The highest BCUT2D eigenvalue weighted by molar-refractivity contribution is 7.13. The summed E-state index contributed by atoms with van der Waals surface area (Å²) in [7, 11) is 0. The van der Waals surface area contributed by atoms with Gasteiger partial charge in [0.2, 0.25) is 0 Å². The van der Waals surface area contributed by atoms with E-state index >= 15 is 0 Å². The topological polar surface area (TPSA) is 38.2 Å². The lowest BCUT2D eigenvalue weighted by Gasteiger charge is -2.14. The molecule has 2 aromatic heterocycles. The Labute approximate surface area is 171 Å². The first-order valence-electron chi connectivity index (χ1n) is 10.2. The van der Waals surface area contributed by atoms with Crippen molar-refractivity contribution in [2.75, 3.05) is 26.2 Å². The fourth-order valence-corrected chi connectivity index (χ4v) is 4.39. The van der Waals surface area contributed by atoms with Gasteiger partial charge >= 0.3 is 0 Å². The Morgan fingerprint density at radius 3 is 2.68 bits per heavy atom. The van der Waals surface area contributed by atoms with Crippen molar-refractivity contribution in [3.63, 3.8) is 0 Å². The van der Waals surface area contributed by atoms with Crippen LogP contribution in [0.1, 0.15) is 31.9 Å². The molecule has 146 valence electrons. The third-order valence-electron chi connectivity index (χ3n) is 5.10. The minimum Gasteiger partial charge on any atom is -0.492 e. The van der Waals surface area contributed by atoms with Gasteiger partial charge < -0.3 is 4.74 Å². The zero-order valence-electron chi connectivity index (χ0n) is 16.4. The van der Waals surface area contributed by atoms with E-state index in [-0.39, 0.29) is 0 Å². The molecular weight excluding hydrogens is 366 g/mol. The lowest BCUT2D eigenvalue weighted by atomic mass is 10.1. The highest BCUT2D eigenvalue weighted by Gasteiger charge is 2.11. The highest BCUT2D eigenvalue weighted by atomic mass is 32.1. The number of benzene rings is 1. The normalized spacial score (nSPS) is 14.5. The summed E-state index contributed by atoms with van der Waals surface area (Å²) in [6.07, 6.45) is 6.64. The maximum Gasteiger partial charge on any atom is 0.124 e. The van der Waals surface area contributed by atoms with Gasteiger partial charge in [-0.15, -0.1) is 11.3 Å². The van der Waals surface area contributed by atoms with E-state index in [1.54, 1.807) is 11.3 Å². The van der Waals surface area contributed by atoms with Crippen LogP contribution >= 0.6 is 11.3 Å². The van der Waals surface area contributed by atoms with Gasteiger partial charge in [0.15, 0.2) is 0 Å². The summed E-state index contributed by atoms with van der Waals surface area (Å²) in [6.45, 7) is 6.37. The van der Waals surface area contributed by atoms with Crippen molar-refractivity contribution in [3.05, 3.63) is 53.7 Å². The molecule has 1 aliphatic rings. The van der Waals surface area contributed by atoms with Gasteiger partial charge in [0, 0.05) is 34.9 Å². The second-order valence-electron chi connectivity index (χ2n) is 7.25. The summed E-state index contributed by atoms with van der Waals surface area (Å²) in [4.78, 5) is 11.7. The van der Waals surface area contributed by atoms with E-state index in [1.165, 1.54) is 25.9 Å². The SMILES string of the molecule is CCCc1cc(-c2nc(-c3ccc(OCCN4CCCC4)cc3)cs2)ccn1. The van der Waals surface area contributed by atoms with Gasteiger partial charge in [0.25, 0.3) is 0 Å². The second kappa shape index (κ2) is 9.30. The third-order valence-corrected chi connectivity index (χ3v) is 5.99. The molecule has 1 saturated heterocycles. The fourth-order valence-electron chi connectivity index (χ4n) is 3.56. The molecule has 0 amide bonds. The van der Waals surface area contributed by atoms with Crippen LogP contribution in [0.25, 0.3) is 21.8 Å². The second-order valence-corrected chi connectivity index (χ2v) is 8.10. The molecular formula is C23H27N3OS. The highest BCUT2D eigenvalue weighted by Crippen LogP contribution is 2.30. The standard InChI is InChI=1S/C23H27N3OS/c1-2-5-20-16-19(10-11-24-20)23-25-22(17-28-23)18-6-8-21(9-7-18)27-15-14-26-12-3-4-13-26/h6-11,16-17H,2-5,12-15H2,1H3. The molecule has 0 radical (unpaired) electrons. The number of ether oxygens (including phenoxy) is 1. The van der Waals surface area contributed by atoms with Crippen LogP contribution in [-0.4, -0.2) is 41.1 Å². The third kappa shape index (κ3) is 4.78. The fraction of sp³-hybridized carbons (Fsp3) is 0.391. The van der Waals surface area contributed by atoms with Crippen molar-refractivity contribution in [2.45, 2.75) is 32.6 Å². The number of likely N-dealkylation sites (tertiary alicyclic amines) is 1. The maximum atomic E-state index is 5.90. The minimum atomic E-state index is 0.752. The number of hydrogen-bond donors (Lipinski definition) is 0. The predicted molar refractivity (Wildman–Crippen MR) is 116 cm³/mol. The summed E-state index contributed by atoms with van der Waals surface area (Å²) < 4.78 is 5.90. The molecule has 0 bridgehead atoms. The van der Waals surface area contributed by atoms with Gasteiger partial charge in [-0.05, 0) is 68.8 Å². The summed E-state index contributed by atoms with van der Waals surface area (Å²) in [6, 6.07) is 12.5. The summed E-state index contributed by atoms with van der Waals surface area (Å²) >= 11 is 1.68. The average molecular weight is 394 g/mol. The molecule has 5 heteroatoms. The maximum absolute atomic E-state index is 5.90. The average Bonchev–Trinajstić information content (AvgIpc) is 3.41. The van der Waals surface area contributed by atoms with E-state index < -0.39 is 0 Å². The smallest absolute Gasteiger partial charge is 0.124 e. The first-order valence-corrected chi connectivity index (χ1v) is 11.1. The first-order chi connectivity index (χ1) is 13.8. The van der Waals surface area contributed by atoms with Crippen molar-refractivity contribution in [2.24, 2.45) is 0 Å². The number of aryl methyl sites for hydroxylation is 1. The molecule has 28 heavy (non-hydrogen) atoms. The molecule has 0 aliphatic carbocycles. The van der Waals surface area contributed by atoms with Gasteiger partial charge in [-0.2, -0.15) is 0 Å². The summed E-state index contributed by atoms with van der Waals surface area (Å²) in [5.74, 6) is 0.928. The van der Waals surface area contributed by atoms with E-state index in [4.69, 9.17) is 9.72 Å². The number of thiazole rings is 1. The van der Waals surface area contributed by atoms with Crippen molar-refractivity contribution >= 4 is 11.3 Å². The van der Waals surface area contributed by atoms with Crippen LogP contribution < -0.4 is 4.74 Å². The molecule has 0 saturated carbocycles. The van der Waals surface area contributed by atoms with E-state index in [0.717, 1.165) is 59.3 Å². The van der Waals surface area contributed by atoms with Crippen molar-refractivity contribution < 1.29 is 4.74 Å². The lowest BCUT2D eigenvalue weighted by molar-refractivity contribution is 0.238. The van der Waals surface area contributed by atoms with E-state index in [0.29, 0.717) is 0 Å². The molecule has 1 aromatic carbocycles. The summed E-state index contributed by atoms with van der Waals surface area (Å²) in [5.41, 5.74) is 4.42. The Morgan fingerprint density at radius 1 is 1.07 bits per heavy atom. The Hall–Kier alpha value is -2.24. The minimum absolute atomic E-state index is 0.752. The number of rotatable bonds is 8. The molecule has 4 nitrogen and oxygen atoms in total. The Balaban J connectivity index is 1.38. The molecule has 3 heterocycles. The predicted octanol–water partition coefficient (Wildman–Crippen LogP) is 5.30. The number of aromatic nitrogens is 2. The lowest BCUT2D eigenvalue weighted by Crippen LogP contribution is -2.25. The van der Waals surface area contributed by atoms with Gasteiger partial charge in [-0.3, -0.25) is 9.88 Å². The molecule has 3 aromatic rings. The molecule has 1 aliphatic heterocycles. The monoisotopic (exact) mass is 393 g/mol. The van der Waals surface area contributed by atoms with E-state index in [1.807, 2.05) is 24.4 Å². The van der Waals surface area contributed by atoms with Crippen LogP contribution in [0.5, 0.6) is 5.75 Å². The van der Waals surface area contributed by atoms with Gasteiger partial charge in [-0.1, -0.05) is 13.3 Å². The molecule has 4 rings (SSSR count). The molecule has 0 N–H and O–H groups in total. The van der Waals surface area contributed by atoms with E-state index in [9.17, 15) is 0 Å². The van der Waals surface area contributed by atoms with E-state index in [2.05, 4.69) is 40.4 Å². The number of nitrogens with zero attached hydrogens (tertiary/aromatic N) is 3. The quantitative estimate of drug-likeness (QED) is 0.520. The van der Waals surface area contributed by atoms with Crippen molar-refractivity contribution in [1.82, 2.24) is 14.9 Å². The van der Waals surface area contributed by atoms with Crippen molar-refractivity contribution in [3.8, 4) is 27.6 Å². The van der Waals surface area contributed by atoms with Gasteiger partial charge in [-0.25, -0.2) is 4.98 Å². The largest absolute Gasteiger partial charge is 0.492 e. The van der Waals surface area contributed by atoms with Crippen LogP contribution in [0.15, 0.2) is 48.0 Å². The van der Waals surface area contributed by atoms with Crippen molar-refractivity contribution in [1.29, 1.82) is 0 Å².